The zero-order valence-corrected chi connectivity index (χ0v) is 13.9. The molecular weight excluding hydrogens is 355 g/mol. The quantitative estimate of drug-likeness (QED) is 0.716. The molecule has 2 heterocycles. The highest BCUT2D eigenvalue weighted by atomic mass is 19.4. The molecule has 1 aromatic heterocycles. The van der Waals surface area contributed by atoms with E-state index in [0.29, 0.717) is 16.9 Å². The standard InChI is InChI=1S/C20H14F3N3O/c21-20(22,23)15-9-3-4-10-16(15)25-18-13-7-1-2-8-14(13)19(27)26(18)17-11-5-6-12-24-17/h1-12,18,25H/t18-/m0/s1. The smallest absolute Gasteiger partial charge is 0.361 e. The van der Waals surface area contributed by atoms with Gasteiger partial charge < -0.3 is 5.32 Å². The van der Waals surface area contributed by atoms with Gasteiger partial charge >= 0.3 is 6.18 Å². The molecule has 0 bridgehead atoms. The Bertz CT molecular complexity index is 989. The van der Waals surface area contributed by atoms with E-state index in [2.05, 4.69) is 10.3 Å². The van der Waals surface area contributed by atoms with Crippen LogP contribution < -0.4 is 10.2 Å². The Hall–Kier alpha value is -3.35. The summed E-state index contributed by atoms with van der Waals surface area (Å²) in [6.45, 7) is 0. The summed E-state index contributed by atoms with van der Waals surface area (Å²) in [5.41, 5.74) is 0.151. The van der Waals surface area contributed by atoms with Crippen molar-refractivity contribution in [3.63, 3.8) is 0 Å². The number of nitrogens with one attached hydrogen (secondary N) is 1. The Balaban J connectivity index is 1.81. The molecular formula is C20H14F3N3O. The second-order valence-corrected chi connectivity index (χ2v) is 6.04. The molecule has 0 radical (unpaired) electrons. The summed E-state index contributed by atoms with van der Waals surface area (Å²) in [7, 11) is 0. The molecule has 2 aromatic carbocycles. The lowest BCUT2D eigenvalue weighted by Gasteiger charge is -2.27. The number of nitrogens with zero attached hydrogens (tertiary/aromatic N) is 2. The Kier molecular flexibility index (Phi) is 4.07. The predicted octanol–water partition coefficient (Wildman–Crippen LogP) is 4.87. The average Bonchev–Trinajstić information content (AvgIpc) is 2.94. The fourth-order valence-corrected chi connectivity index (χ4v) is 3.19. The van der Waals surface area contributed by atoms with Crippen LogP contribution in [0.1, 0.15) is 27.7 Å². The molecule has 3 aromatic rings. The average molecular weight is 369 g/mol. The van der Waals surface area contributed by atoms with Gasteiger partial charge in [-0.05, 0) is 30.3 Å². The predicted molar refractivity (Wildman–Crippen MR) is 95.3 cm³/mol. The van der Waals surface area contributed by atoms with Gasteiger partial charge in [0.15, 0.2) is 0 Å². The molecule has 1 aliphatic heterocycles. The van der Waals surface area contributed by atoms with Gasteiger partial charge in [0.1, 0.15) is 12.0 Å². The molecule has 1 amide bonds. The first-order valence-corrected chi connectivity index (χ1v) is 8.23. The largest absolute Gasteiger partial charge is 0.418 e. The maximum absolute atomic E-state index is 13.4. The van der Waals surface area contributed by atoms with Crippen molar-refractivity contribution in [2.24, 2.45) is 0 Å². The Morgan fingerprint density at radius 1 is 0.926 bits per heavy atom. The molecule has 1 aliphatic rings. The number of rotatable bonds is 3. The Labute approximate surface area is 153 Å². The third-order valence-electron chi connectivity index (χ3n) is 4.38. The van der Waals surface area contributed by atoms with Crippen molar-refractivity contribution in [3.8, 4) is 0 Å². The van der Waals surface area contributed by atoms with E-state index in [1.807, 2.05) is 0 Å². The number of pyridine rings is 1. The third-order valence-corrected chi connectivity index (χ3v) is 4.38. The molecule has 27 heavy (non-hydrogen) atoms. The molecule has 0 saturated carbocycles. The van der Waals surface area contributed by atoms with Crippen LogP contribution >= 0.6 is 0 Å². The zero-order chi connectivity index (χ0) is 19.0. The van der Waals surface area contributed by atoms with Crippen molar-refractivity contribution in [1.82, 2.24) is 4.98 Å². The van der Waals surface area contributed by atoms with Crippen LogP contribution in [0, 0.1) is 0 Å². The molecule has 7 heteroatoms. The summed E-state index contributed by atoms with van der Waals surface area (Å²) in [6, 6.07) is 17.1. The van der Waals surface area contributed by atoms with Gasteiger partial charge in [-0.3, -0.25) is 9.69 Å². The van der Waals surface area contributed by atoms with Crippen molar-refractivity contribution < 1.29 is 18.0 Å². The monoisotopic (exact) mass is 369 g/mol. The molecule has 1 N–H and O–H groups in total. The first kappa shape index (κ1) is 17.1. The normalized spacial score (nSPS) is 16.3. The summed E-state index contributed by atoms with van der Waals surface area (Å²) in [4.78, 5) is 18.5. The second kappa shape index (κ2) is 6.42. The van der Waals surface area contributed by atoms with Gasteiger partial charge in [-0.25, -0.2) is 4.98 Å². The van der Waals surface area contributed by atoms with Crippen molar-refractivity contribution in [3.05, 3.63) is 89.6 Å². The number of benzene rings is 2. The van der Waals surface area contributed by atoms with Crippen molar-refractivity contribution >= 4 is 17.4 Å². The molecule has 1 atom stereocenters. The van der Waals surface area contributed by atoms with Crippen LogP contribution in [0.2, 0.25) is 0 Å². The summed E-state index contributed by atoms with van der Waals surface area (Å²) < 4.78 is 40.1. The number of alkyl halides is 3. The SMILES string of the molecule is O=C1c2ccccc2[C@@H](Nc2ccccc2C(F)(F)F)N1c1ccccn1. The van der Waals surface area contributed by atoms with Gasteiger partial charge in [-0.1, -0.05) is 36.4 Å². The second-order valence-electron chi connectivity index (χ2n) is 6.04. The minimum absolute atomic E-state index is 0.0968. The Morgan fingerprint density at radius 3 is 2.37 bits per heavy atom. The van der Waals surface area contributed by atoms with Crippen LogP contribution in [0.4, 0.5) is 24.7 Å². The molecule has 0 fully saturated rings. The van der Waals surface area contributed by atoms with Crippen molar-refractivity contribution in [2.45, 2.75) is 12.3 Å². The molecule has 0 saturated heterocycles. The highest BCUT2D eigenvalue weighted by molar-refractivity contribution is 6.11. The molecule has 0 unspecified atom stereocenters. The lowest BCUT2D eigenvalue weighted by atomic mass is 10.1. The summed E-state index contributed by atoms with van der Waals surface area (Å²) in [5.74, 6) is 0.0481. The van der Waals surface area contributed by atoms with Gasteiger partial charge in [0, 0.05) is 23.0 Å². The number of para-hydroxylation sites is 1. The van der Waals surface area contributed by atoms with Gasteiger partial charge in [0.05, 0.1) is 5.56 Å². The number of aromatic nitrogens is 1. The van der Waals surface area contributed by atoms with E-state index in [1.165, 1.54) is 29.3 Å². The van der Waals surface area contributed by atoms with Gasteiger partial charge in [0.25, 0.3) is 5.91 Å². The number of carbonyl (C=O) groups is 1. The summed E-state index contributed by atoms with van der Waals surface area (Å²) >= 11 is 0. The number of anilines is 2. The van der Waals surface area contributed by atoms with Crippen LogP contribution in [-0.4, -0.2) is 10.9 Å². The first-order valence-electron chi connectivity index (χ1n) is 8.23. The highest BCUT2D eigenvalue weighted by Crippen LogP contribution is 2.40. The first-order chi connectivity index (χ1) is 13.0. The fourth-order valence-electron chi connectivity index (χ4n) is 3.19. The van der Waals surface area contributed by atoms with E-state index in [4.69, 9.17) is 0 Å². The molecule has 136 valence electrons. The van der Waals surface area contributed by atoms with E-state index in [1.54, 1.807) is 42.5 Å². The number of amides is 1. The van der Waals surface area contributed by atoms with Gasteiger partial charge in [-0.15, -0.1) is 0 Å². The van der Waals surface area contributed by atoms with E-state index in [0.717, 1.165) is 6.07 Å². The Morgan fingerprint density at radius 2 is 1.63 bits per heavy atom. The van der Waals surface area contributed by atoms with E-state index in [-0.39, 0.29) is 11.6 Å². The zero-order valence-electron chi connectivity index (χ0n) is 13.9. The maximum atomic E-state index is 13.4. The minimum Gasteiger partial charge on any atom is -0.361 e. The lowest BCUT2D eigenvalue weighted by Crippen LogP contribution is -2.33. The summed E-state index contributed by atoms with van der Waals surface area (Å²) in [5, 5.41) is 2.90. The highest BCUT2D eigenvalue weighted by Gasteiger charge is 2.40. The fraction of sp³-hybridized carbons (Fsp3) is 0.100. The number of carbonyl (C=O) groups excluding carboxylic acids is 1. The van der Waals surface area contributed by atoms with E-state index in [9.17, 15) is 18.0 Å². The van der Waals surface area contributed by atoms with Gasteiger partial charge in [-0.2, -0.15) is 13.2 Å². The van der Waals surface area contributed by atoms with Gasteiger partial charge in [0.2, 0.25) is 0 Å². The summed E-state index contributed by atoms with van der Waals surface area (Å²) in [6.07, 6.45) is -3.78. The van der Waals surface area contributed by atoms with E-state index >= 15 is 0 Å². The number of halogens is 3. The number of hydrogen-bond acceptors (Lipinski definition) is 3. The third kappa shape index (κ3) is 3.01. The minimum atomic E-state index is -4.51. The van der Waals surface area contributed by atoms with E-state index < -0.39 is 17.9 Å². The van der Waals surface area contributed by atoms with Crippen molar-refractivity contribution in [1.29, 1.82) is 0 Å². The molecule has 0 aliphatic carbocycles. The van der Waals surface area contributed by atoms with Crippen LogP contribution in [0.3, 0.4) is 0 Å². The molecule has 4 nitrogen and oxygen atoms in total. The molecule has 4 rings (SSSR count). The van der Waals surface area contributed by atoms with Crippen molar-refractivity contribution in [2.75, 3.05) is 10.2 Å². The van der Waals surface area contributed by atoms with Crippen LogP contribution in [-0.2, 0) is 6.18 Å². The topological polar surface area (TPSA) is 45.2 Å². The van der Waals surface area contributed by atoms with Crippen LogP contribution in [0.25, 0.3) is 0 Å². The van der Waals surface area contributed by atoms with Crippen LogP contribution in [0.5, 0.6) is 0 Å². The lowest BCUT2D eigenvalue weighted by molar-refractivity contribution is -0.137. The number of fused-ring (bicyclic) bond motifs is 1. The molecule has 0 spiro atoms. The number of hydrogen-bond donors (Lipinski definition) is 1. The van der Waals surface area contributed by atoms with Crippen LogP contribution in [0.15, 0.2) is 72.9 Å². The maximum Gasteiger partial charge on any atom is 0.418 e.